The van der Waals surface area contributed by atoms with E-state index in [9.17, 15) is 18.0 Å². The molecule has 2 N–H and O–H groups in total. The lowest BCUT2D eigenvalue weighted by molar-refractivity contribution is -0.116. The smallest absolute Gasteiger partial charge is 0.251 e. The van der Waals surface area contributed by atoms with Crippen molar-refractivity contribution in [3.8, 4) is 0 Å². The van der Waals surface area contributed by atoms with E-state index in [0.717, 1.165) is 24.8 Å². The molecule has 1 unspecified atom stereocenters. The molecule has 0 spiro atoms. The summed E-state index contributed by atoms with van der Waals surface area (Å²) in [7, 11) is -3.65. The van der Waals surface area contributed by atoms with Crippen molar-refractivity contribution in [3.05, 3.63) is 59.7 Å². The number of hydrogen-bond donors (Lipinski definition) is 2. The normalized spacial score (nSPS) is 17.0. The SMILES string of the molecule is CC(C)CC(=O)Nc1cccc(CNC(=O)c2cccc(S(=O)(=O)N3CCCCC3C)c2)c1. The second-order valence-electron chi connectivity index (χ2n) is 9.02. The molecule has 178 valence electrons. The molecule has 1 aliphatic rings. The zero-order valence-electron chi connectivity index (χ0n) is 19.5. The first-order valence-electron chi connectivity index (χ1n) is 11.5. The predicted molar refractivity (Wildman–Crippen MR) is 129 cm³/mol. The maximum atomic E-state index is 13.1. The fourth-order valence-corrected chi connectivity index (χ4v) is 5.73. The Labute approximate surface area is 196 Å². The molecule has 1 aliphatic heterocycles. The van der Waals surface area contributed by atoms with Crippen LogP contribution in [0, 0.1) is 5.92 Å². The molecule has 33 heavy (non-hydrogen) atoms. The van der Waals surface area contributed by atoms with Crippen LogP contribution < -0.4 is 10.6 Å². The molecule has 0 saturated carbocycles. The van der Waals surface area contributed by atoms with Crippen LogP contribution in [0.15, 0.2) is 53.4 Å². The summed E-state index contributed by atoms with van der Waals surface area (Å²) in [6.07, 6.45) is 3.16. The summed E-state index contributed by atoms with van der Waals surface area (Å²) in [6, 6.07) is 13.4. The Bertz CT molecular complexity index is 1100. The quantitative estimate of drug-likeness (QED) is 0.604. The van der Waals surface area contributed by atoms with Crippen molar-refractivity contribution in [3.63, 3.8) is 0 Å². The maximum absolute atomic E-state index is 13.1. The minimum absolute atomic E-state index is 0.0467. The third kappa shape index (κ3) is 6.65. The van der Waals surface area contributed by atoms with Crippen LogP contribution in [0.1, 0.15) is 62.4 Å². The van der Waals surface area contributed by atoms with Gasteiger partial charge in [-0.1, -0.05) is 38.5 Å². The minimum atomic E-state index is -3.65. The first-order valence-corrected chi connectivity index (χ1v) is 12.9. The summed E-state index contributed by atoms with van der Waals surface area (Å²) < 4.78 is 27.7. The molecule has 0 radical (unpaired) electrons. The fourth-order valence-electron chi connectivity index (χ4n) is 3.99. The van der Waals surface area contributed by atoms with E-state index in [4.69, 9.17) is 0 Å². The summed E-state index contributed by atoms with van der Waals surface area (Å²) in [4.78, 5) is 24.9. The summed E-state index contributed by atoms with van der Waals surface area (Å²) in [5, 5.41) is 5.70. The Morgan fingerprint density at radius 3 is 2.58 bits per heavy atom. The molecule has 2 aromatic carbocycles. The van der Waals surface area contributed by atoms with Crippen LogP contribution >= 0.6 is 0 Å². The Hall–Kier alpha value is -2.71. The van der Waals surface area contributed by atoms with Crippen molar-refractivity contribution in [2.45, 2.75) is 63.9 Å². The molecule has 8 heteroatoms. The molecule has 1 fully saturated rings. The van der Waals surface area contributed by atoms with Crippen molar-refractivity contribution in [2.24, 2.45) is 5.92 Å². The molecule has 1 heterocycles. The highest BCUT2D eigenvalue weighted by atomic mass is 32.2. The van der Waals surface area contributed by atoms with Crippen molar-refractivity contribution >= 4 is 27.5 Å². The minimum Gasteiger partial charge on any atom is -0.348 e. The Balaban J connectivity index is 1.66. The van der Waals surface area contributed by atoms with Gasteiger partial charge in [0, 0.05) is 36.8 Å². The van der Waals surface area contributed by atoms with E-state index in [1.54, 1.807) is 18.2 Å². The zero-order chi connectivity index (χ0) is 24.0. The molecule has 1 atom stereocenters. The van der Waals surface area contributed by atoms with Crippen molar-refractivity contribution in [2.75, 3.05) is 11.9 Å². The highest BCUT2D eigenvalue weighted by Gasteiger charge is 2.31. The van der Waals surface area contributed by atoms with Crippen molar-refractivity contribution in [1.29, 1.82) is 0 Å². The summed E-state index contributed by atoms with van der Waals surface area (Å²) >= 11 is 0. The third-order valence-corrected chi connectivity index (χ3v) is 7.71. The summed E-state index contributed by atoms with van der Waals surface area (Å²) in [5.41, 5.74) is 1.80. The average Bonchev–Trinajstić information content (AvgIpc) is 2.77. The highest BCUT2D eigenvalue weighted by molar-refractivity contribution is 7.89. The first-order chi connectivity index (χ1) is 15.7. The third-order valence-electron chi connectivity index (χ3n) is 5.70. The van der Waals surface area contributed by atoms with Crippen LogP contribution in [-0.2, 0) is 21.4 Å². The van der Waals surface area contributed by atoms with Gasteiger partial charge in [0.05, 0.1) is 4.90 Å². The molecule has 0 bridgehead atoms. The largest absolute Gasteiger partial charge is 0.348 e. The second-order valence-corrected chi connectivity index (χ2v) is 10.9. The van der Waals surface area contributed by atoms with Crippen LogP contribution in [0.4, 0.5) is 5.69 Å². The van der Waals surface area contributed by atoms with Gasteiger partial charge in [-0.05, 0) is 61.6 Å². The molecule has 2 aromatic rings. The highest BCUT2D eigenvalue weighted by Crippen LogP contribution is 2.25. The Morgan fingerprint density at radius 1 is 1.09 bits per heavy atom. The van der Waals surface area contributed by atoms with Crippen LogP contribution in [0.3, 0.4) is 0 Å². The van der Waals surface area contributed by atoms with Gasteiger partial charge in [-0.3, -0.25) is 9.59 Å². The van der Waals surface area contributed by atoms with Gasteiger partial charge in [0.1, 0.15) is 0 Å². The van der Waals surface area contributed by atoms with Gasteiger partial charge in [0.25, 0.3) is 5.91 Å². The van der Waals surface area contributed by atoms with Crippen LogP contribution in [0.25, 0.3) is 0 Å². The van der Waals surface area contributed by atoms with E-state index < -0.39 is 10.0 Å². The number of nitrogens with one attached hydrogen (secondary N) is 2. The van der Waals surface area contributed by atoms with Gasteiger partial charge in [0.2, 0.25) is 15.9 Å². The molecule has 3 rings (SSSR count). The van der Waals surface area contributed by atoms with Crippen LogP contribution in [0.5, 0.6) is 0 Å². The molecule has 7 nitrogen and oxygen atoms in total. The average molecular weight is 472 g/mol. The van der Waals surface area contributed by atoms with Crippen LogP contribution in [0.2, 0.25) is 0 Å². The van der Waals surface area contributed by atoms with Gasteiger partial charge < -0.3 is 10.6 Å². The maximum Gasteiger partial charge on any atom is 0.251 e. The zero-order valence-corrected chi connectivity index (χ0v) is 20.3. The van der Waals surface area contributed by atoms with Gasteiger partial charge in [0.15, 0.2) is 0 Å². The Morgan fingerprint density at radius 2 is 1.85 bits per heavy atom. The molecule has 0 aliphatic carbocycles. The topological polar surface area (TPSA) is 95.6 Å². The first kappa shape index (κ1) is 24.9. The number of amides is 2. The lowest BCUT2D eigenvalue weighted by atomic mass is 10.1. The van der Waals surface area contributed by atoms with Gasteiger partial charge in [-0.2, -0.15) is 4.31 Å². The van der Waals surface area contributed by atoms with Gasteiger partial charge in [-0.15, -0.1) is 0 Å². The Kier molecular flexibility index (Phi) is 8.26. The van der Waals surface area contributed by atoms with E-state index in [-0.39, 0.29) is 35.2 Å². The number of sulfonamides is 1. The molecular weight excluding hydrogens is 438 g/mol. The van der Waals surface area contributed by atoms with Gasteiger partial charge >= 0.3 is 0 Å². The number of nitrogens with zero attached hydrogens (tertiary/aromatic N) is 1. The lowest BCUT2D eigenvalue weighted by Crippen LogP contribution is -2.42. The fraction of sp³-hybridized carbons (Fsp3) is 0.440. The van der Waals surface area contributed by atoms with Crippen LogP contribution in [-0.4, -0.2) is 37.1 Å². The monoisotopic (exact) mass is 471 g/mol. The lowest BCUT2D eigenvalue weighted by Gasteiger charge is -2.32. The predicted octanol–water partition coefficient (Wildman–Crippen LogP) is 4.16. The number of benzene rings is 2. The van der Waals surface area contributed by atoms with Crippen molar-refractivity contribution < 1.29 is 18.0 Å². The molecule has 1 saturated heterocycles. The van der Waals surface area contributed by atoms with Crippen molar-refractivity contribution in [1.82, 2.24) is 9.62 Å². The van der Waals surface area contributed by atoms with E-state index in [1.165, 1.54) is 16.4 Å². The molecule has 2 amide bonds. The number of hydrogen-bond acceptors (Lipinski definition) is 4. The number of anilines is 1. The number of piperidine rings is 1. The van der Waals surface area contributed by atoms with E-state index in [2.05, 4.69) is 10.6 Å². The number of carbonyl (C=O) groups is 2. The van der Waals surface area contributed by atoms with E-state index >= 15 is 0 Å². The molecule has 0 aromatic heterocycles. The number of rotatable bonds is 8. The summed E-state index contributed by atoms with van der Waals surface area (Å²) in [5.74, 6) is -0.134. The standard InChI is InChI=1S/C25H33N3O4S/c1-18(2)14-24(29)27-22-11-6-9-20(15-22)17-26-25(30)21-10-7-12-23(16-21)33(31,32)28-13-5-4-8-19(28)3/h6-7,9-12,15-16,18-19H,4-5,8,13-14,17H2,1-3H3,(H,26,30)(H,27,29). The second kappa shape index (κ2) is 10.9. The number of carbonyl (C=O) groups excluding carboxylic acids is 2. The van der Waals surface area contributed by atoms with Gasteiger partial charge in [-0.25, -0.2) is 8.42 Å². The van der Waals surface area contributed by atoms with E-state index in [0.29, 0.717) is 24.2 Å². The molecular formula is C25H33N3O4S. The van der Waals surface area contributed by atoms with E-state index in [1.807, 2.05) is 39.0 Å². The summed E-state index contributed by atoms with van der Waals surface area (Å²) in [6.45, 7) is 6.65.